The number of aryl methyl sites for hydroxylation is 2. The van der Waals surface area contributed by atoms with Gasteiger partial charge in [-0.3, -0.25) is 0 Å². The number of aromatic nitrogens is 1. The fraction of sp³-hybridized carbons (Fsp3) is 0.200. The average Bonchev–Trinajstić information content (AvgIpc) is 2.46. The van der Waals surface area contributed by atoms with Crippen molar-refractivity contribution in [2.45, 2.75) is 13.8 Å². The minimum Gasteiger partial charge on any atom is -0.409 e. The number of nitrogens with zero attached hydrogens (tertiary/aromatic N) is 3. The van der Waals surface area contributed by atoms with Crippen LogP contribution in [0.4, 0.5) is 11.5 Å². The normalized spacial score (nSPS) is 11.4. The van der Waals surface area contributed by atoms with Crippen LogP contribution in [0.25, 0.3) is 0 Å². The average molecular weight is 270 g/mol. The first-order valence-electron chi connectivity index (χ1n) is 6.28. The Morgan fingerprint density at radius 2 is 2.00 bits per heavy atom. The molecule has 1 heterocycles. The van der Waals surface area contributed by atoms with Gasteiger partial charge in [0.2, 0.25) is 0 Å². The number of pyridine rings is 1. The van der Waals surface area contributed by atoms with E-state index in [4.69, 9.17) is 10.9 Å². The Morgan fingerprint density at radius 3 is 2.55 bits per heavy atom. The van der Waals surface area contributed by atoms with E-state index < -0.39 is 0 Å². The molecule has 104 valence electrons. The molecule has 0 unspecified atom stereocenters. The van der Waals surface area contributed by atoms with Crippen LogP contribution in [-0.2, 0) is 0 Å². The lowest BCUT2D eigenvalue weighted by Crippen LogP contribution is -2.16. The lowest BCUT2D eigenvalue weighted by Gasteiger charge is -2.21. The first-order chi connectivity index (χ1) is 9.52. The number of rotatable bonds is 3. The summed E-state index contributed by atoms with van der Waals surface area (Å²) in [6, 6.07) is 9.90. The van der Waals surface area contributed by atoms with E-state index in [0.29, 0.717) is 5.56 Å². The van der Waals surface area contributed by atoms with Crippen molar-refractivity contribution in [2.75, 3.05) is 11.9 Å². The largest absolute Gasteiger partial charge is 0.409 e. The quantitative estimate of drug-likeness (QED) is 0.389. The number of benzene rings is 1. The van der Waals surface area contributed by atoms with E-state index in [-0.39, 0.29) is 5.84 Å². The molecule has 0 aliphatic carbocycles. The molecule has 0 spiro atoms. The monoisotopic (exact) mass is 270 g/mol. The maximum absolute atomic E-state index is 8.63. The summed E-state index contributed by atoms with van der Waals surface area (Å²) >= 11 is 0. The molecule has 3 N–H and O–H groups in total. The molecular weight excluding hydrogens is 252 g/mol. The van der Waals surface area contributed by atoms with Crippen LogP contribution in [0, 0.1) is 13.8 Å². The lowest BCUT2D eigenvalue weighted by molar-refractivity contribution is 0.318. The van der Waals surface area contributed by atoms with Gasteiger partial charge in [0.05, 0.1) is 0 Å². The van der Waals surface area contributed by atoms with Gasteiger partial charge in [-0.1, -0.05) is 22.9 Å². The maximum atomic E-state index is 8.63. The number of hydrogen-bond donors (Lipinski definition) is 2. The van der Waals surface area contributed by atoms with Gasteiger partial charge < -0.3 is 15.8 Å². The molecule has 0 aliphatic rings. The molecule has 0 atom stereocenters. The van der Waals surface area contributed by atoms with E-state index in [9.17, 15) is 0 Å². The highest BCUT2D eigenvalue weighted by atomic mass is 16.4. The molecule has 2 rings (SSSR count). The summed E-state index contributed by atoms with van der Waals surface area (Å²) in [6.07, 6.45) is 1.59. The standard InChI is InChI=1S/C15H18N4O/c1-10-4-6-13(11(2)8-10)19(3)14-7-5-12(9-17-14)15(16)18-20/h4-9,20H,1-3H3,(H2,16,18). The summed E-state index contributed by atoms with van der Waals surface area (Å²) < 4.78 is 0. The van der Waals surface area contributed by atoms with Crippen molar-refractivity contribution in [2.24, 2.45) is 10.9 Å². The number of anilines is 2. The van der Waals surface area contributed by atoms with Crippen molar-refractivity contribution in [1.82, 2.24) is 4.98 Å². The maximum Gasteiger partial charge on any atom is 0.171 e. The fourth-order valence-corrected chi connectivity index (χ4v) is 2.10. The fourth-order valence-electron chi connectivity index (χ4n) is 2.10. The van der Waals surface area contributed by atoms with Crippen LogP contribution in [0.2, 0.25) is 0 Å². The zero-order chi connectivity index (χ0) is 14.7. The first-order valence-corrected chi connectivity index (χ1v) is 6.28. The third-order valence-corrected chi connectivity index (χ3v) is 3.21. The summed E-state index contributed by atoms with van der Waals surface area (Å²) in [5.41, 5.74) is 9.62. The van der Waals surface area contributed by atoms with Crippen molar-refractivity contribution in [3.63, 3.8) is 0 Å². The van der Waals surface area contributed by atoms with E-state index in [0.717, 1.165) is 11.5 Å². The molecular formula is C15H18N4O. The van der Waals surface area contributed by atoms with Crippen LogP contribution in [0.5, 0.6) is 0 Å². The zero-order valence-corrected chi connectivity index (χ0v) is 11.8. The highest BCUT2D eigenvalue weighted by Gasteiger charge is 2.09. The summed E-state index contributed by atoms with van der Waals surface area (Å²) in [5, 5.41) is 11.6. The van der Waals surface area contributed by atoms with Gasteiger partial charge in [0.25, 0.3) is 0 Å². The van der Waals surface area contributed by atoms with E-state index in [1.54, 1.807) is 12.3 Å². The Kier molecular flexibility index (Phi) is 3.89. The van der Waals surface area contributed by atoms with E-state index in [2.05, 4.69) is 42.2 Å². The van der Waals surface area contributed by atoms with Crippen molar-refractivity contribution < 1.29 is 5.21 Å². The minimum atomic E-state index is 0.0539. The van der Waals surface area contributed by atoms with Gasteiger partial charge in [0, 0.05) is 24.5 Å². The molecule has 0 bridgehead atoms. The summed E-state index contributed by atoms with van der Waals surface area (Å²) in [4.78, 5) is 6.35. The minimum absolute atomic E-state index is 0.0539. The SMILES string of the molecule is Cc1ccc(N(C)c2ccc(C(N)=NO)cn2)c(C)c1. The van der Waals surface area contributed by atoms with Crippen LogP contribution in [0.1, 0.15) is 16.7 Å². The van der Waals surface area contributed by atoms with Crippen LogP contribution >= 0.6 is 0 Å². The highest BCUT2D eigenvalue weighted by Crippen LogP contribution is 2.25. The van der Waals surface area contributed by atoms with Crippen LogP contribution in [0.15, 0.2) is 41.7 Å². The molecule has 0 saturated carbocycles. The van der Waals surface area contributed by atoms with Crippen molar-refractivity contribution in [3.8, 4) is 0 Å². The van der Waals surface area contributed by atoms with Crippen molar-refractivity contribution in [1.29, 1.82) is 0 Å². The predicted octanol–water partition coefficient (Wildman–Crippen LogP) is 2.56. The third kappa shape index (κ3) is 2.71. The van der Waals surface area contributed by atoms with E-state index in [1.165, 1.54) is 11.1 Å². The molecule has 20 heavy (non-hydrogen) atoms. The smallest absolute Gasteiger partial charge is 0.171 e. The Hall–Kier alpha value is -2.56. The van der Waals surface area contributed by atoms with Gasteiger partial charge >= 0.3 is 0 Å². The van der Waals surface area contributed by atoms with Crippen LogP contribution < -0.4 is 10.6 Å². The molecule has 1 aromatic heterocycles. The molecule has 0 radical (unpaired) electrons. The zero-order valence-electron chi connectivity index (χ0n) is 11.8. The summed E-state index contributed by atoms with van der Waals surface area (Å²) in [6.45, 7) is 4.14. The van der Waals surface area contributed by atoms with Crippen LogP contribution in [0.3, 0.4) is 0 Å². The third-order valence-electron chi connectivity index (χ3n) is 3.21. The lowest BCUT2D eigenvalue weighted by atomic mass is 10.1. The summed E-state index contributed by atoms with van der Waals surface area (Å²) in [7, 11) is 1.96. The van der Waals surface area contributed by atoms with Gasteiger partial charge in [-0.2, -0.15) is 0 Å². The Bertz CT molecular complexity index is 635. The van der Waals surface area contributed by atoms with E-state index >= 15 is 0 Å². The number of oxime groups is 1. The molecule has 0 fully saturated rings. The second kappa shape index (κ2) is 5.61. The van der Waals surface area contributed by atoms with Gasteiger partial charge in [-0.25, -0.2) is 4.98 Å². The molecule has 2 aromatic rings. The molecule has 1 aromatic carbocycles. The van der Waals surface area contributed by atoms with Crippen molar-refractivity contribution in [3.05, 3.63) is 53.2 Å². The predicted molar refractivity (Wildman–Crippen MR) is 80.7 cm³/mol. The summed E-state index contributed by atoms with van der Waals surface area (Å²) in [5.74, 6) is 0.852. The van der Waals surface area contributed by atoms with Gasteiger partial charge in [0.1, 0.15) is 5.82 Å². The van der Waals surface area contributed by atoms with Crippen molar-refractivity contribution >= 4 is 17.3 Å². The Morgan fingerprint density at radius 1 is 1.25 bits per heavy atom. The van der Waals surface area contributed by atoms with Gasteiger partial charge in [0.15, 0.2) is 5.84 Å². The molecule has 0 saturated heterocycles. The second-order valence-electron chi connectivity index (χ2n) is 4.74. The number of nitrogens with two attached hydrogens (primary N) is 1. The highest BCUT2D eigenvalue weighted by molar-refractivity contribution is 5.96. The van der Waals surface area contributed by atoms with E-state index in [1.807, 2.05) is 18.0 Å². The Balaban J connectivity index is 2.31. The molecule has 5 nitrogen and oxygen atoms in total. The van der Waals surface area contributed by atoms with Gasteiger partial charge in [-0.05, 0) is 37.6 Å². The second-order valence-corrected chi connectivity index (χ2v) is 4.74. The molecule has 0 aliphatic heterocycles. The van der Waals surface area contributed by atoms with Crippen LogP contribution in [-0.4, -0.2) is 23.1 Å². The molecule has 0 amide bonds. The number of hydrogen-bond acceptors (Lipinski definition) is 4. The Labute approximate surface area is 118 Å². The topological polar surface area (TPSA) is 74.7 Å². The molecule has 5 heteroatoms. The first kappa shape index (κ1) is 13.9. The van der Waals surface area contributed by atoms with Gasteiger partial charge in [-0.15, -0.1) is 0 Å². The number of amidine groups is 1.